The average Bonchev–Trinajstić information content (AvgIpc) is 3.75. The fraction of sp³-hybridized carbons (Fsp3) is 0.364. The maximum Gasteiger partial charge on any atom is 0.224 e. The van der Waals surface area contributed by atoms with E-state index in [2.05, 4.69) is 5.32 Å². The molecule has 44 heavy (non-hydrogen) atoms. The van der Waals surface area contributed by atoms with Gasteiger partial charge in [-0.25, -0.2) is 8.42 Å². The van der Waals surface area contributed by atoms with Gasteiger partial charge in [0.1, 0.15) is 11.5 Å². The molecular weight excluding hydrogens is 615 g/mol. The molecule has 0 aliphatic rings. The number of carbonyl (C=O) groups is 1. The number of hydrogen-bond acceptors (Lipinski definition) is 8. The van der Waals surface area contributed by atoms with E-state index < -0.39 is 10.0 Å². The highest BCUT2D eigenvalue weighted by Crippen LogP contribution is 2.21. The smallest absolute Gasteiger partial charge is 0.224 e. The van der Waals surface area contributed by atoms with Crippen molar-refractivity contribution in [2.24, 2.45) is 0 Å². The number of thiophene rings is 2. The summed E-state index contributed by atoms with van der Waals surface area (Å²) in [4.78, 5) is 17.2. The molecule has 0 bridgehead atoms. The molecule has 0 radical (unpaired) electrons. The number of methoxy groups -OCH3 is 2. The first-order valence-corrected chi connectivity index (χ1v) is 18.0. The highest BCUT2D eigenvalue weighted by molar-refractivity contribution is 7.89. The van der Waals surface area contributed by atoms with Gasteiger partial charge in [-0.2, -0.15) is 4.31 Å². The summed E-state index contributed by atoms with van der Waals surface area (Å²) < 4.78 is 38.6. The fourth-order valence-electron chi connectivity index (χ4n) is 4.68. The number of ether oxygens (including phenoxy) is 2. The van der Waals surface area contributed by atoms with Gasteiger partial charge in [-0.1, -0.05) is 36.4 Å². The molecule has 0 spiro atoms. The molecule has 2 heterocycles. The molecule has 1 amide bonds. The number of amides is 1. The molecule has 8 nitrogen and oxygen atoms in total. The van der Waals surface area contributed by atoms with Crippen molar-refractivity contribution in [2.75, 3.05) is 33.1 Å². The zero-order chi connectivity index (χ0) is 31.2. The zero-order valence-corrected chi connectivity index (χ0v) is 27.8. The Balaban J connectivity index is 1.24. The Kier molecular flexibility index (Phi) is 13.2. The maximum absolute atomic E-state index is 13.3. The molecule has 1 N–H and O–H groups in total. The van der Waals surface area contributed by atoms with E-state index in [1.807, 2.05) is 88.5 Å². The van der Waals surface area contributed by atoms with Crippen LogP contribution in [0.25, 0.3) is 0 Å². The normalized spacial score (nSPS) is 11.5. The van der Waals surface area contributed by atoms with E-state index in [4.69, 9.17) is 9.47 Å². The Morgan fingerprint density at radius 1 is 0.727 bits per heavy atom. The van der Waals surface area contributed by atoms with Crippen molar-refractivity contribution in [2.45, 2.75) is 45.4 Å². The Labute approximate surface area is 269 Å². The van der Waals surface area contributed by atoms with E-state index >= 15 is 0 Å². The van der Waals surface area contributed by atoms with Crippen LogP contribution >= 0.6 is 22.7 Å². The van der Waals surface area contributed by atoms with Crippen LogP contribution in [0.15, 0.2) is 83.6 Å². The van der Waals surface area contributed by atoms with Gasteiger partial charge < -0.3 is 19.7 Å². The summed E-state index contributed by atoms with van der Waals surface area (Å²) in [6.07, 6.45) is 1.61. The van der Waals surface area contributed by atoms with E-state index in [9.17, 15) is 13.2 Å². The third-order valence-corrected chi connectivity index (χ3v) is 10.7. The van der Waals surface area contributed by atoms with Crippen LogP contribution in [-0.4, -0.2) is 56.6 Å². The van der Waals surface area contributed by atoms with Crippen LogP contribution in [0.4, 0.5) is 0 Å². The van der Waals surface area contributed by atoms with Crippen molar-refractivity contribution in [1.29, 1.82) is 0 Å². The molecule has 0 atom stereocenters. The second kappa shape index (κ2) is 17.3. The lowest BCUT2D eigenvalue weighted by Crippen LogP contribution is -2.33. The van der Waals surface area contributed by atoms with Crippen LogP contribution in [0.3, 0.4) is 0 Å². The molecule has 236 valence electrons. The molecule has 11 heteroatoms. The van der Waals surface area contributed by atoms with Crippen LogP contribution in [-0.2, 0) is 41.0 Å². The topological polar surface area (TPSA) is 88.2 Å². The van der Waals surface area contributed by atoms with Crippen LogP contribution in [0.5, 0.6) is 11.5 Å². The minimum absolute atomic E-state index is 0.0458. The van der Waals surface area contributed by atoms with Gasteiger partial charge in [0.05, 0.1) is 20.0 Å². The van der Waals surface area contributed by atoms with Gasteiger partial charge in [-0.3, -0.25) is 4.79 Å². The van der Waals surface area contributed by atoms with Crippen molar-refractivity contribution in [3.63, 3.8) is 0 Å². The Hall–Kier alpha value is -3.22. The highest BCUT2D eigenvalue weighted by Gasteiger charge is 2.23. The summed E-state index contributed by atoms with van der Waals surface area (Å²) in [5.41, 5.74) is 2.04. The first kappa shape index (κ1) is 33.7. The van der Waals surface area contributed by atoms with Crippen LogP contribution in [0, 0.1) is 0 Å². The second-order valence-electron chi connectivity index (χ2n) is 10.4. The number of carbonyl (C=O) groups excluding carboxylic acids is 1. The average molecular weight is 656 g/mol. The Morgan fingerprint density at radius 2 is 1.25 bits per heavy atom. The van der Waals surface area contributed by atoms with Gasteiger partial charge in [0.15, 0.2) is 0 Å². The number of nitrogens with one attached hydrogen (secondary N) is 1. The predicted molar refractivity (Wildman–Crippen MR) is 179 cm³/mol. The quantitative estimate of drug-likeness (QED) is 0.122. The number of rotatable bonds is 19. The standard InChI is InChI=1S/C33H41N3O5S3/c1-40-29-13-9-27(10-14-29)23-35(24-28-11-15-30(41-2)16-12-28)33(37)17-19-34-18-3-4-22-44(38,39)36(25-31-7-5-20-42-31)26-32-8-6-21-43-32/h5-16,20-21,34H,3-4,17-19,22-26H2,1-2H3. The lowest BCUT2D eigenvalue weighted by molar-refractivity contribution is -0.132. The van der Waals surface area contributed by atoms with Crippen molar-refractivity contribution in [3.05, 3.63) is 104 Å². The molecule has 0 saturated heterocycles. The number of hydrogen-bond donors (Lipinski definition) is 1. The van der Waals surface area contributed by atoms with E-state index in [-0.39, 0.29) is 11.7 Å². The molecule has 2 aromatic heterocycles. The number of unbranched alkanes of at least 4 members (excludes halogenated alkanes) is 1. The van der Waals surface area contributed by atoms with Gasteiger partial charge in [0, 0.05) is 48.9 Å². The zero-order valence-electron chi connectivity index (χ0n) is 25.3. The molecule has 4 rings (SSSR count). The van der Waals surface area contributed by atoms with Gasteiger partial charge in [0.2, 0.25) is 15.9 Å². The van der Waals surface area contributed by atoms with E-state index in [1.165, 1.54) is 0 Å². The minimum atomic E-state index is -3.42. The molecule has 2 aromatic carbocycles. The fourth-order valence-corrected chi connectivity index (χ4v) is 7.78. The largest absolute Gasteiger partial charge is 0.497 e. The lowest BCUT2D eigenvalue weighted by Gasteiger charge is -2.23. The van der Waals surface area contributed by atoms with Gasteiger partial charge in [-0.15, -0.1) is 22.7 Å². The van der Waals surface area contributed by atoms with E-state index in [1.54, 1.807) is 41.2 Å². The molecule has 0 aliphatic carbocycles. The first-order chi connectivity index (χ1) is 21.4. The third kappa shape index (κ3) is 10.7. The van der Waals surface area contributed by atoms with Gasteiger partial charge in [-0.05, 0) is 77.7 Å². The van der Waals surface area contributed by atoms with Crippen molar-refractivity contribution >= 4 is 38.6 Å². The summed E-state index contributed by atoms with van der Waals surface area (Å²) in [6, 6.07) is 23.3. The third-order valence-electron chi connectivity index (χ3n) is 7.16. The second-order valence-corrected chi connectivity index (χ2v) is 14.5. The predicted octanol–water partition coefficient (Wildman–Crippen LogP) is 6.15. The lowest BCUT2D eigenvalue weighted by atomic mass is 10.1. The highest BCUT2D eigenvalue weighted by atomic mass is 32.2. The van der Waals surface area contributed by atoms with Crippen molar-refractivity contribution in [1.82, 2.24) is 14.5 Å². The van der Waals surface area contributed by atoms with Crippen molar-refractivity contribution in [3.8, 4) is 11.5 Å². The van der Waals surface area contributed by atoms with E-state index in [0.717, 1.165) is 32.4 Å². The molecule has 0 saturated carbocycles. The summed E-state index contributed by atoms with van der Waals surface area (Å²) >= 11 is 3.14. The summed E-state index contributed by atoms with van der Waals surface area (Å²) in [6.45, 7) is 2.93. The molecule has 0 unspecified atom stereocenters. The molecule has 0 aliphatic heterocycles. The van der Waals surface area contributed by atoms with Crippen molar-refractivity contribution < 1.29 is 22.7 Å². The van der Waals surface area contributed by atoms with Crippen LogP contribution in [0.1, 0.15) is 40.1 Å². The number of sulfonamides is 1. The first-order valence-electron chi connectivity index (χ1n) is 14.6. The summed E-state index contributed by atoms with van der Waals surface area (Å²) in [7, 11) is -0.152. The van der Waals surface area contributed by atoms with Gasteiger partial charge >= 0.3 is 0 Å². The molecular formula is C33H41N3O5S3. The van der Waals surface area contributed by atoms with Gasteiger partial charge in [0.25, 0.3) is 0 Å². The Morgan fingerprint density at radius 3 is 1.70 bits per heavy atom. The summed E-state index contributed by atoms with van der Waals surface area (Å²) in [5, 5.41) is 7.27. The Bertz CT molecular complexity index is 1410. The maximum atomic E-state index is 13.3. The molecule has 0 fully saturated rings. The SMILES string of the molecule is COc1ccc(CN(Cc2ccc(OC)cc2)C(=O)CCNCCCCS(=O)(=O)N(Cc2cccs2)Cc2cccs2)cc1. The summed E-state index contributed by atoms with van der Waals surface area (Å²) in [5.74, 6) is 1.69. The number of nitrogens with zero attached hydrogens (tertiary/aromatic N) is 2. The monoisotopic (exact) mass is 655 g/mol. The van der Waals surface area contributed by atoms with E-state index in [0.29, 0.717) is 58.5 Å². The molecule has 4 aromatic rings. The van der Waals surface area contributed by atoms with Crippen LogP contribution in [0.2, 0.25) is 0 Å². The minimum Gasteiger partial charge on any atom is -0.497 e. The number of benzene rings is 2. The van der Waals surface area contributed by atoms with Crippen LogP contribution < -0.4 is 14.8 Å².